The van der Waals surface area contributed by atoms with Gasteiger partial charge in [-0.1, -0.05) is 30.3 Å². The number of nitrogens with one attached hydrogen (secondary N) is 1. The molecule has 4 nitrogen and oxygen atoms in total. The fourth-order valence-corrected chi connectivity index (χ4v) is 2.90. The van der Waals surface area contributed by atoms with Crippen molar-refractivity contribution in [2.75, 3.05) is 6.54 Å². The van der Waals surface area contributed by atoms with E-state index in [0.29, 0.717) is 12.6 Å². The van der Waals surface area contributed by atoms with Gasteiger partial charge in [0.15, 0.2) is 0 Å². The SMILES string of the molecule is Cn1cc(C(C)(O)CNC(Cc2ccccc2)C2CC2)cn1. The molecule has 3 rings (SSSR count). The number of nitrogens with zero attached hydrogens (tertiary/aromatic N) is 2. The zero-order valence-corrected chi connectivity index (χ0v) is 13.4. The number of rotatable bonds is 7. The molecule has 0 bridgehead atoms. The second-order valence-electron chi connectivity index (χ2n) is 6.69. The third-order valence-electron chi connectivity index (χ3n) is 4.52. The summed E-state index contributed by atoms with van der Waals surface area (Å²) in [6.45, 7) is 2.40. The quantitative estimate of drug-likeness (QED) is 0.824. The Morgan fingerprint density at radius 2 is 2.09 bits per heavy atom. The Morgan fingerprint density at radius 3 is 2.68 bits per heavy atom. The Labute approximate surface area is 132 Å². The summed E-state index contributed by atoms with van der Waals surface area (Å²) in [5.74, 6) is 0.741. The van der Waals surface area contributed by atoms with Gasteiger partial charge in [0.1, 0.15) is 5.60 Å². The van der Waals surface area contributed by atoms with E-state index in [-0.39, 0.29) is 0 Å². The number of aromatic nitrogens is 2. The molecule has 0 aliphatic heterocycles. The number of aryl methyl sites for hydroxylation is 1. The second kappa shape index (κ2) is 6.23. The van der Waals surface area contributed by atoms with E-state index in [1.807, 2.05) is 20.2 Å². The molecule has 2 aromatic rings. The van der Waals surface area contributed by atoms with E-state index >= 15 is 0 Å². The molecule has 1 heterocycles. The molecule has 2 N–H and O–H groups in total. The first-order chi connectivity index (χ1) is 10.5. The Kier molecular flexibility index (Phi) is 4.32. The summed E-state index contributed by atoms with van der Waals surface area (Å²) in [5, 5.41) is 18.4. The third-order valence-corrected chi connectivity index (χ3v) is 4.52. The number of hydrogen-bond donors (Lipinski definition) is 2. The van der Waals surface area contributed by atoms with Gasteiger partial charge in [-0.2, -0.15) is 5.10 Å². The van der Waals surface area contributed by atoms with Gasteiger partial charge < -0.3 is 10.4 Å². The molecule has 1 aromatic heterocycles. The topological polar surface area (TPSA) is 50.1 Å². The predicted octanol–water partition coefficient (Wildman–Crippen LogP) is 2.24. The average molecular weight is 299 g/mol. The molecule has 0 radical (unpaired) electrons. The zero-order chi connectivity index (χ0) is 15.6. The molecule has 0 saturated heterocycles. The molecule has 0 spiro atoms. The molecule has 2 unspecified atom stereocenters. The van der Waals surface area contributed by atoms with Gasteiger partial charge in [-0.25, -0.2) is 0 Å². The lowest BCUT2D eigenvalue weighted by molar-refractivity contribution is 0.0528. The van der Waals surface area contributed by atoms with Crippen molar-refractivity contribution >= 4 is 0 Å². The molecule has 1 aliphatic carbocycles. The second-order valence-corrected chi connectivity index (χ2v) is 6.69. The van der Waals surface area contributed by atoms with E-state index < -0.39 is 5.60 Å². The van der Waals surface area contributed by atoms with Gasteiger partial charge in [-0.15, -0.1) is 0 Å². The number of benzene rings is 1. The maximum absolute atomic E-state index is 10.7. The summed E-state index contributed by atoms with van der Waals surface area (Å²) < 4.78 is 1.73. The van der Waals surface area contributed by atoms with Crippen LogP contribution in [0.15, 0.2) is 42.7 Å². The van der Waals surface area contributed by atoms with Gasteiger partial charge in [0, 0.05) is 31.4 Å². The van der Waals surface area contributed by atoms with Crippen molar-refractivity contribution in [1.82, 2.24) is 15.1 Å². The van der Waals surface area contributed by atoms with Crippen LogP contribution in [0.5, 0.6) is 0 Å². The Hall–Kier alpha value is -1.65. The molecule has 118 valence electrons. The van der Waals surface area contributed by atoms with Gasteiger partial charge in [-0.05, 0) is 37.7 Å². The summed E-state index contributed by atoms with van der Waals surface area (Å²) >= 11 is 0. The predicted molar refractivity (Wildman–Crippen MR) is 87.4 cm³/mol. The normalized spacial score (nSPS) is 18.9. The van der Waals surface area contributed by atoms with Crippen LogP contribution in [0.2, 0.25) is 0 Å². The van der Waals surface area contributed by atoms with Crippen molar-refractivity contribution in [1.29, 1.82) is 0 Å². The highest BCUT2D eigenvalue weighted by molar-refractivity contribution is 5.18. The van der Waals surface area contributed by atoms with Crippen LogP contribution in [0.3, 0.4) is 0 Å². The van der Waals surface area contributed by atoms with Crippen LogP contribution in [0.25, 0.3) is 0 Å². The van der Waals surface area contributed by atoms with E-state index in [1.54, 1.807) is 10.9 Å². The molecule has 0 amide bonds. The van der Waals surface area contributed by atoms with Crippen molar-refractivity contribution in [3.63, 3.8) is 0 Å². The molecular formula is C18H25N3O. The van der Waals surface area contributed by atoms with E-state index in [9.17, 15) is 5.11 Å². The molecule has 2 atom stereocenters. The fraction of sp³-hybridized carbons (Fsp3) is 0.500. The van der Waals surface area contributed by atoms with Gasteiger partial charge in [0.05, 0.1) is 6.20 Å². The van der Waals surface area contributed by atoms with Crippen LogP contribution >= 0.6 is 0 Å². The van der Waals surface area contributed by atoms with Crippen molar-refractivity contribution in [2.45, 2.75) is 37.8 Å². The maximum Gasteiger partial charge on any atom is 0.102 e. The van der Waals surface area contributed by atoms with Gasteiger partial charge >= 0.3 is 0 Å². The molecule has 1 saturated carbocycles. The minimum atomic E-state index is -0.891. The number of aliphatic hydroxyl groups is 1. The molecule has 4 heteroatoms. The lowest BCUT2D eigenvalue weighted by Gasteiger charge is -2.27. The summed E-state index contributed by atoms with van der Waals surface area (Å²) in [5.41, 5.74) is 1.32. The lowest BCUT2D eigenvalue weighted by atomic mass is 9.97. The maximum atomic E-state index is 10.7. The van der Waals surface area contributed by atoms with Crippen LogP contribution in [0, 0.1) is 5.92 Å². The summed E-state index contributed by atoms with van der Waals surface area (Å²) in [6, 6.07) is 11.0. The first-order valence-electron chi connectivity index (χ1n) is 8.03. The van der Waals surface area contributed by atoms with E-state index in [4.69, 9.17) is 0 Å². The summed E-state index contributed by atoms with van der Waals surface area (Å²) in [6.07, 6.45) is 7.23. The molecule has 22 heavy (non-hydrogen) atoms. The Bertz CT molecular complexity index is 602. The molecular weight excluding hydrogens is 274 g/mol. The van der Waals surface area contributed by atoms with Gasteiger partial charge in [-0.3, -0.25) is 4.68 Å². The summed E-state index contributed by atoms with van der Waals surface area (Å²) in [4.78, 5) is 0. The van der Waals surface area contributed by atoms with Crippen molar-refractivity contribution < 1.29 is 5.11 Å². The smallest absolute Gasteiger partial charge is 0.102 e. The highest BCUT2D eigenvalue weighted by Crippen LogP contribution is 2.34. The molecule has 1 aromatic carbocycles. The van der Waals surface area contributed by atoms with E-state index in [2.05, 4.69) is 40.7 Å². The minimum absolute atomic E-state index is 0.436. The van der Waals surface area contributed by atoms with Crippen LogP contribution in [-0.2, 0) is 19.1 Å². The van der Waals surface area contributed by atoms with Crippen LogP contribution in [0.4, 0.5) is 0 Å². The van der Waals surface area contributed by atoms with Crippen molar-refractivity contribution in [3.8, 4) is 0 Å². The van der Waals surface area contributed by atoms with E-state index in [0.717, 1.165) is 17.9 Å². The minimum Gasteiger partial charge on any atom is -0.384 e. The largest absolute Gasteiger partial charge is 0.384 e. The van der Waals surface area contributed by atoms with Crippen LogP contribution in [0.1, 0.15) is 30.9 Å². The first kappa shape index (κ1) is 15.3. The van der Waals surface area contributed by atoms with Gasteiger partial charge in [0.25, 0.3) is 0 Å². The molecule has 1 aliphatic rings. The average Bonchev–Trinajstić information content (AvgIpc) is 3.25. The summed E-state index contributed by atoms with van der Waals surface area (Å²) in [7, 11) is 1.87. The first-order valence-corrected chi connectivity index (χ1v) is 8.03. The number of hydrogen-bond acceptors (Lipinski definition) is 3. The Morgan fingerprint density at radius 1 is 1.36 bits per heavy atom. The highest BCUT2D eigenvalue weighted by atomic mass is 16.3. The highest BCUT2D eigenvalue weighted by Gasteiger charge is 2.33. The third kappa shape index (κ3) is 3.76. The standard InChI is InChI=1S/C18H25N3O/c1-18(22,16-11-20-21(2)12-16)13-19-17(15-8-9-15)10-14-6-4-3-5-7-14/h3-7,11-12,15,17,19,22H,8-10,13H2,1-2H3. The van der Waals surface area contributed by atoms with E-state index in [1.165, 1.54) is 18.4 Å². The zero-order valence-electron chi connectivity index (χ0n) is 13.4. The Balaban J connectivity index is 1.62. The molecule has 1 fully saturated rings. The van der Waals surface area contributed by atoms with Crippen LogP contribution in [-0.4, -0.2) is 27.5 Å². The fourth-order valence-electron chi connectivity index (χ4n) is 2.90. The van der Waals surface area contributed by atoms with Gasteiger partial charge in [0.2, 0.25) is 0 Å². The van der Waals surface area contributed by atoms with Crippen molar-refractivity contribution in [3.05, 3.63) is 53.9 Å². The lowest BCUT2D eigenvalue weighted by Crippen LogP contribution is -2.42. The van der Waals surface area contributed by atoms with Crippen molar-refractivity contribution in [2.24, 2.45) is 13.0 Å². The van der Waals surface area contributed by atoms with Crippen LogP contribution < -0.4 is 5.32 Å². The monoisotopic (exact) mass is 299 g/mol.